The lowest BCUT2D eigenvalue weighted by molar-refractivity contribution is -0.139. The van der Waals surface area contributed by atoms with Crippen molar-refractivity contribution < 1.29 is 24.2 Å². The van der Waals surface area contributed by atoms with Crippen LogP contribution in [0.1, 0.15) is 49.1 Å². The third kappa shape index (κ3) is 4.27. The third-order valence-electron chi connectivity index (χ3n) is 7.72. The molecule has 2 unspecified atom stereocenters. The molecule has 0 spiro atoms. The molecule has 0 radical (unpaired) electrons. The van der Waals surface area contributed by atoms with Gasteiger partial charge in [-0.2, -0.15) is 0 Å². The average Bonchev–Trinajstić information content (AvgIpc) is 3.35. The molecule has 0 saturated heterocycles. The molecule has 178 valence electrons. The normalized spacial score (nSPS) is 21.9. The second-order valence-corrected chi connectivity index (χ2v) is 9.82. The summed E-state index contributed by atoms with van der Waals surface area (Å²) >= 11 is 0. The highest BCUT2D eigenvalue weighted by molar-refractivity contribution is 5.84. The van der Waals surface area contributed by atoms with E-state index in [1.165, 1.54) is 11.1 Å². The van der Waals surface area contributed by atoms with E-state index in [0.29, 0.717) is 25.8 Å². The molecule has 3 N–H and O–H groups in total. The summed E-state index contributed by atoms with van der Waals surface area (Å²) in [6.45, 7) is 0.836. The lowest BCUT2D eigenvalue weighted by atomic mass is 9.85. The number of ether oxygens (including phenoxy) is 1. The number of carboxylic acids is 1. The van der Waals surface area contributed by atoms with Crippen molar-refractivity contribution >= 4 is 18.0 Å². The number of hydrogen-bond acceptors (Lipinski definition) is 4. The van der Waals surface area contributed by atoms with Crippen LogP contribution in [0, 0.1) is 17.3 Å². The minimum absolute atomic E-state index is 0.00925. The largest absolute Gasteiger partial charge is 0.481 e. The number of nitrogens with one attached hydrogen (secondary N) is 2. The second-order valence-electron chi connectivity index (χ2n) is 9.82. The predicted octanol–water partition coefficient (Wildman–Crippen LogP) is 3.92. The van der Waals surface area contributed by atoms with Gasteiger partial charge >= 0.3 is 12.1 Å². The Labute approximate surface area is 198 Å². The van der Waals surface area contributed by atoms with Crippen LogP contribution in [0.25, 0.3) is 11.1 Å². The Hall–Kier alpha value is -3.35. The Balaban J connectivity index is 1.16. The van der Waals surface area contributed by atoms with Gasteiger partial charge in [-0.1, -0.05) is 61.4 Å². The van der Waals surface area contributed by atoms with E-state index in [1.807, 2.05) is 24.3 Å². The number of fused-ring (bicyclic) bond motifs is 3. The number of alkyl carbamates (subject to hydrolysis) is 1. The first-order valence-electron chi connectivity index (χ1n) is 12.1. The number of hydrogen-bond donors (Lipinski definition) is 3. The quantitative estimate of drug-likeness (QED) is 0.552. The van der Waals surface area contributed by atoms with Crippen molar-refractivity contribution in [1.29, 1.82) is 0 Å². The summed E-state index contributed by atoms with van der Waals surface area (Å²) in [4.78, 5) is 36.6. The van der Waals surface area contributed by atoms with Gasteiger partial charge in [-0.15, -0.1) is 0 Å². The molecule has 2 aromatic rings. The molecule has 2 aromatic carbocycles. The van der Waals surface area contributed by atoms with Gasteiger partial charge in [0.05, 0.1) is 11.3 Å². The smallest absolute Gasteiger partial charge is 0.407 e. The minimum Gasteiger partial charge on any atom is -0.481 e. The molecule has 3 aliphatic rings. The van der Waals surface area contributed by atoms with E-state index in [-0.39, 0.29) is 36.8 Å². The summed E-state index contributed by atoms with van der Waals surface area (Å²) in [5.41, 5.74) is 4.01. The molecule has 7 nitrogen and oxygen atoms in total. The minimum atomic E-state index is -0.799. The van der Waals surface area contributed by atoms with Crippen molar-refractivity contribution in [3.8, 4) is 11.1 Å². The van der Waals surface area contributed by atoms with Crippen LogP contribution in [0.4, 0.5) is 4.79 Å². The number of rotatable bonds is 8. The second kappa shape index (κ2) is 9.12. The summed E-state index contributed by atoms with van der Waals surface area (Å²) in [6, 6.07) is 16.4. The van der Waals surface area contributed by atoms with E-state index in [0.717, 1.165) is 24.0 Å². The Morgan fingerprint density at radius 3 is 2.15 bits per heavy atom. The fourth-order valence-electron chi connectivity index (χ4n) is 5.61. The molecule has 3 aliphatic carbocycles. The monoisotopic (exact) mass is 462 g/mol. The molecule has 5 rings (SSSR count). The van der Waals surface area contributed by atoms with Crippen LogP contribution in [0.15, 0.2) is 48.5 Å². The lowest BCUT2D eigenvalue weighted by Gasteiger charge is -2.28. The van der Waals surface area contributed by atoms with E-state index in [1.54, 1.807) is 0 Å². The zero-order chi connectivity index (χ0) is 23.7. The lowest BCUT2D eigenvalue weighted by Crippen LogP contribution is -2.47. The molecule has 0 aliphatic heterocycles. The van der Waals surface area contributed by atoms with Gasteiger partial charge in [-0.3, -0.25) is 9.59 Å². The molecule has 0 aromatic heterocycles. The first-order valence-corrected chi connectivity index (χ1v) is 12.1. The Kier molecular flexibility index (Phi) is 6.02. The average molecular weight is 463 g/mol. The molecular weight excluding hydrogens is 432 g/mol. The van der Waals surface area contributed by atoms with Crippen molar-refractivity contribution in [3.63, 3.8) is 0 Å². The van der Waals surface area contributed by atoms with E-state index in [2.05, 4.69) is 34.9 Å². The molecule has 2 saturated carbocycles. The fraction of sp³-hybridized carbons (Fsp3) is 0.444. The van der Waals surface area contributed by atoms with Crippen molar-refractivity contribution in [2.75, 3.05) is 19.7 Å². The highest BCUT2D eigenvalue weighted by atomic mass is 16.5. The van der Waals surface area contributed by atoms with Crippen LogP contribution in [0.5, 0.6) is 0 Å². The molecule has 0 heterocycles. The third-order valence-corrected chi connectivity index (χ3v) is 7.72. The predicted molar refractivity (Wildman–Crippen MR) is 126 cm³/mol. The summed E-state index contributed by atoms with van der Waals surface area (Å²) in [6.07, 6.45) is 3.36. The molecule has 34 heavy (non-hydrogen) atoms. The van der Waals surface area contributed by atoms with Gasteiger partial charge < -0.3 is 20.5 Å². The molecule has 2 amide bonds. The number of carbonyl (C=O) groups excluding carboxylic acids is 2. The summed E-state index contributed by atoms with van der Waals surface area (Å²) in [5.74, 6) is -1.25. The van der Waals surface area contributed by atoms with Crippen molar-refractivity contribution in [2.24, 2.45) is 17.3 Å². The van der Waals surface area contributed by atoms with Crippen molar-refractivity contribution in [1.82, 2.24) is 10.6 Å². The molecule has 2 fully saturated rings. The summed E-state index contributed by atoms with van der Waals surface area (Å²) in [5, 5.41) is 14.8. The first kappa shape index (κ1) is 22.4. The number of amides is 2. The summed E-state index contributed by atoms with van der Waals surface area (Å²) < 4.78 is 5.63. The maximum atomic E-state index is 13.0. The number of carbonyl (C=O) groups is 3. The molecule has 7 heteroatoms. The molecular formula is C27H30N2O5. The van der Waals surface area contributed by atoms with Gasteiger partial charge in [0.1, 0.15) is 6.61 Å². The van der Waals surface area contributed by atoms with Gasteiger partial charge in [0, 0.05) is 19.0 Å². The van der Waals surface area contributed by atoms with Crippen LogP contribution < -0.4 is 10.6 Å². The number of carboxylic acid groups (broad SMARTS) is 1. The van der Waals surface area contributed by atoms with Gasteiger partial charge in [-0.25, -0.2) is 4.79 Å². The zero-order valence-electron chi connectivity index (χ0n) is 19.1. The van der Waals surface area contributed by atoms with Gasteiger partial charge in [-0.05, 0) is 47.4 Å². The number of aliphatic carboxylic acids is 1. The first-order chi connectivity index (χ1) is 16.5. The van der Waals surface area contributed by atoms with Crippen molar-refractivity contribution in [3.05, 3.63) is 59.7 Å². The highest BCUT2D eigenvalue weighted by Gasteiger charge is 2.45. The van der Waals surface area contributed by atoms with Crippen LogP contribution in [-0.4, -0.2) is 42.8 Å². The van der Waals surface area contributed by atoms with Gasteiger partial charge in [0.25, 0.3) is 0 Å². The van der Waals surface area contributed by atoms with E-state index in [4.69, 9.17) is 9.84 Å². The van der Waals surface area contributed by atoms with Crippen LogP contribution in [0.3, 0.4) is 0 Å². The van der Waals surface area contributed by atoms with Crippen LogP contribution in [0.2, 0.25) is 0 Å². The van der Waals surface area contributed by atoms with Crippen LogP contribution >= 0.6 is 0 Å². The van der Waals surface area contributed by atoms with Crippen LogP contribution in [-0.2, 0) is 14.3 Å². The van der Waals surface area contributed by atoms with E-state index in [9.17, 15) is 14.4 Å². The summed E-state index contributed by atoms with van der Waals surface area (Å²) in [7, 11) is 0. The standard InChI is InChI=1S/C27H30N2O5/c30-24(31)22-13-17(22)14-28-25(32)27(11-5-6-12-27)16-29-26(33)34-15-23-20-9-3-1-7-18(20)19-8-2-4-10-21(19)23/h1-4,7-10,17,22-23H,5-6,11-16H2,(H,28,32)(H,29,33)(H,30,31). The Morgan fingerprint density at radius 1 is 0.941 bits per heavy atom. The maximum absolute atomic E-state index is 13.0. The van der Waals surface area contributed by atoms with Crippen molar-refractivity contribution in [2.45, 2.75) is 38.0 Å². The fourth-order valence-corrected chi connectivity index (χ4v) is 5.61. The molecule has 0 bridgehead atoms. The van der Waals surface area contributed by atoms with Gasteiger partial charge in [0.15, 0.2) is 0 Å². The zero-order valence-corrected chi connectivity index (χ0v) is 19.1. The van der Waals surface area contributed by atoms with Gasteiger partial charge in [0.2, 0.25) is 5.91 Å². The highest BCUT2D eigenvalue weighted by Crippen LogP contribution is 2.44. The topological polar surface area (TPSA) is 105 Å². The SMILES string of the molecule is O=C(NCC1(C(=O)NCC2CC2C(=O)O)CCCC1)OCC1c2ccccc2-c2ccccc21. The molecule has 2 atom stereocenters. The number of benzene rings is 2. The Morgan fingerprint density at radius 2 is 1.56 bits per heavy atom. The maximum Gasteiger partial charge on any atom is 0.407 e. The van der Waals surface area contributed by atoms with E-state index < -0.39 is 17.5 Å². The Bertz CT molecular complexity index is 1060. The van der Waals surface area contributed by atoms with E-state index >= 15 is 0 Å².